The van der Waals surface area contributed by atoms with Crippen molar-refractivity contribution in [1.82, 2.24) is 9.72 Å². The van der Waals surface area contributed by atoms with Crippen molar-refractivity contribution in [3.05, 3.63) is 30.3 Å². The van der Waals surface area contributed by atoms with E-state index in [1.165, 1.54) is 12.1 Å². The first-order valence-electron chi connectivity index (χ1n) is 7.46. The summed E-state index contributed by atoms with van der Waals surface area (Å²) < 4.78 is 63.4. The van der Waals surface area contributed by atoms with Crippen molar-refractivity contribution in [2.45, 2.75) is 26.7 Å². The molecule has 1 aliphatic rings. The molecule has 0 amide bonds. The van der Waals surface area contributed by atoms with Gasteiger partial charge in [0.1, 0.15) is 5.75 Å². The Morgan fingerprint density at radius 2 is 1.71 bits per heavy atom. The minimum atomic E-state index is -4.50. The first-order valence-corrected chi connectivity index (χ1v) is 12.2. The van der Waals surface area contributed by atoms with Crippen LogP contribution in [-0.4, -0.2) is 13.2 Å². The molecule has 24 heavy (non-hydrogen) atoms. The number of nitrogens with one attached hydrogen (secondary N) is 2. The molecule has 2 N–H and O–H groups in total. The molecule has 1 aliphatic heterocycles. The van der Waals surface area contributed by atoms with E-state index in [0.29, 0.717) is 12.8 Å². The van der Waals surface area contributed by atoms with Crippen LogP contribution < -0.4 is 14.2 Å². The zero-order valence-electron chi connectivity index (χ0n) is 13.4. The van der Waals surface area contributed by atoms with E-state index in [0.717, 1.165) is 0 Å². The van der Waals surface area contributed by atoms with Crippen molar-refractivity contribution in [2.24, 2.45) is 4.52 Å². The second kappa shape index (κ2) is 8.41. The van der Waals surface area contributed by atoms with Crippen LogP contribution in [0.1, 0.15) is 26.7 Å². The maximum Gasteiger partial charge on any atom is 0.578 e. The fourth-order valence-electron chi connectivity index (χ4n) is 1.73. The molecule has 0 aliphatic carbocycles. The van der Waals surface area contributed by atoms with Gasteiger partial charge in [0, 0.05) is 12.9 Å². The second-order valence-electron chi connectivity index (χ2n) is 4.90. The normalized spacial score (nSPS) is 33.0. The summed E-state index contributed by atoms with van der Waals surface area (Å²) >= 11 is 0. The summed E-state index contributed by atoms with van der Waals surface area (Å²) in [6.45, 7) is 3.46. The SMILES string of the molecule is CCCO[P+]1(F)N=P(F)(Oc2ccccc2)N[P+](F)(OCCC)N1. The van der Waals surface area contributed by atoms with Gasteiger partial charge in [-0.3, -0.25) is 0 Å². The maximum atomic E-state index is 15.1. The lowest BCUT2D eigenvalue weighted by Gasteiger charge is -2.24. The molecule has 1 aromatic carbocycles. The van der Waals surface area contributed by atoms with Crippen LogP contribution in [0.25, 0.3) is 0 Å². The average molecular weight is 405 g/mol. The monoisotopic (exact) mass is 405 g/mol. The number of halogens is 3. The Morgan fingerprint density at radius 3 is 2.33 bits per heavy atom. The zero-order chi connectivity index (χ0) is 17.7. The summed E-state index contributed by atoms with van der Waals surface area (Å²) in [6.07, 6.45) is 0.956. The Kier molecular flexibility index (Phi) is 7.03. The molecule has 1 aromatic rings. The predicted octanol–water partition coefficient (Wildman–Crippen LogP) is 6.32. The molecule has 136 valence electrons. The van der Waals surface area contributed by atoms with Crippen molar-refractivity contribution >= 4 is 23.9 Å². The molecule has 0 radical (unpaired) electrons. The summed E-state index contributed by atoms with van der Waals surface area (Å²) in [6, 6.07) is 7.87. The molecule has 2 rings (SSSR count). The lowest BCUT2D eigenvalue weighted by Crippen LogP contribution is -2.29. The van der Waals surface area contributed by atoms with E-state index < -0.39 is 23.9 Å². The molecule has 3 atom stereocenters. The third-order valence-corrected chi connectivity index (χ3v) is 10.0. The summed E-state index contributed by atoms with van der Waals surface area (Å²) in [4.78, 5) is 3.99. The lowest BCUT2D eigenvalue weighted by molar-refractivity contribution is 0.291. The number of para-hydroxylation sites is 1. The minimum absolute atomic E-state index is 0.0105. The summed E-state index contributed by atoms with van der Waals surface area (Å²) in [5, 5.41) is 0. The molecule has 0 spiro atoms. The van der Waals surface area contributed by atoms with Crippen LogP contribution in [0.15, 0.2) is 34.8 Å². The van der Waals surface area contributed by atoms with Crippen LogP contribution in [0.4, 0.5) is 12.6 Å². The topological polar surface area (TPSA) is 64.1 Å². The van der Waals surface area contributed by atoms with Gasteiger partial charge >= 0.3 is 23.9 Å². The van der Waals surface area contributed by atoms with Crippen LogP contribution in [0, 0.1) is 0 Å². The molecule has 0 fully saturated rings. The molecule has 0 saturated heterocycles. The van der Waals surface area contributed by atoms with E-state index in [1.807, 2.05) is 9.72 Å². The average Bonchev–Trinajstić information content (AvgIpc) is 2.50. The molecule has 0 saturated carbocycles. The predicted molar refractivity (Wildman–Crippen MR) is 92.3 cm³/mol. The van der Waals surface area contributed by atoms with Gasteiger partial charge in [0.2, 0.25) is 0 Å². The molecule has 3 unspecified atom stereocenters. The Morgan fingerprint density at radius 1 is 1.08 bits per heavy atom. The Balaban J connectivity index is 2.31. The maximum absolute atomic E-state index is 15.1. The molecular formula is C12H21F3N3O3P3+2. The molecule has 0 bridgehead atoms. The van der Waals surface area contributed by atoms with E-state index in [-0.39, 0.29) is 19.0 Å². The highest BCUT2D eigenvalue weighted by Gasteiger charge is 2.71. The first-order chi connectivity index (χ1) is 11.3. The minimum Gasteiger partial charge on any atom is -0.420 e. The van der Waals surface area contributed by atoms with E-state index in [2.05, 4.69) is 4.52 Å². The molecule has 1 heterocycles. The quantitative estimate of drug-likeness (QED) is 0.496. The standard InChI is InChI=1S/C12H21F3N3O3P3/c1-3-10-19-22(13)16-23(14,20-11-4-2)18-24(15,17-22)21-12-8-6-5-7-9-12/h5-9,16-17H,3-4,10-11H2,1-2H3/q+2. The molecular weight excluding hydrogens is 384 g/mol. The van der Waals surface area contributed by atoms with Crippen molar-refractivity contribution in [3.63, 3.8) is 0 Å². The van der Waals surface area contributed by atoms with Crippen molar-refractivity contribution in [2.75, 3.05) is 13.2 Å². The van der Waals surface area contributed by atoms with E-state index >= 15 is 4.20 Å². The number of hydrogen-bond acceptors (Lipinski definition) is 6. The highest BCUT2D eigenvalue weighted by molar-refractivity contribution is 7.88. The Hall–Kier alpha value is -0.260. The van der Waals surface area contributed by atoms with Gasteiger partial charge in [-0.15, -0.1) is 4.20 Å². The third-order valence-electron chi connectivity index (χ3n) is 2.64. The first kappa shape index (κ1) is 20.1. The summed E-state index contributed by atoms with van der Waals surface area (Å²) in [7, 11) is -13.2. The van der Waals surface area contributed by atoms with Gasteiger partial charge in [-0.05, 0) is 29.8 Å². The highest BCUT2D eigenvalue weighted by atomic mass is 31.3. The van der Waals surface area contributed by atoms with Crippen LogP contribution in [0.2, 0.25) is 0 Å². The second-order valence-corrected chi connectivity index (χ2v) is 11.0. The van der Waals surface area contributed by atoms with Crippen LogP contribution in [-0.2, 0) is 9.05 Å². The number of benzene rings is 1. The van der Waals surface area contributed by atoms with Gasteiger partial charge in [0.15, 0.2) is 0 Å². The molecule has 6 nitrogen and oxygen atoms in total. The third kappa shape index (κ3) is 5.63. The summed E-state index contributed by atoms with van der Waals surface area (Å²) in [5.74, 6) is 0.107. The lowest BCUT2D eigenvalue weighted by atomic mass is 10.3. The molecule has 12 heteroatoms. The van der Waals surface area contributed by atoms with Crippen LogP contribution in [0.3, 0.4) is 0 Å². The van der Waals surface area contributed by atoms with Crippen molar-refractivity contribution in [3.8, 4) is 5.75 Å². The number of rotatable bonds is 8. The largest absolute Gasteiger partial charge is 0.578 e. The fraction of sp³-hybridized carbons (Fsp3) is 0.500. The van der Waals surface area contributed by atoms with E-state index in [9.17, 15) is 8.39 Å². The fourth-order valence-corrected chi connectivity index (χ4v) is 9.54. The van der Waals surface area contributed by atoms with Gasteiger partial charge in [0.25, 0.3) is 0 Å². The van der Waals surface area contributed by atoms with Gasteiger partial charge < -0.3 is 4.52 Å². The van der Waals surface area contributed by atoms with Gasteiger partial charge in [-0.25, -0.2) is 0 Å². The smallest absolute Gasteiger partial charge is 0.420 e. The van der Waals surface area contributed by atoms with Crippen LogP contribution >= 0.6 is 23.9 Å². The van der Waals surface area contributed by atoms with E-state index in [1.54, 1.807) is 32.0 Å². The Bertz CT molecular complexity index is 601. The number of hydrogen-bond donors (Lipinski definition) is 2. The van der Waals surface area contributed by atoms with Crippen LogP contribution in [0.5, 0.6) is 5.75 Å². The zero-order valence-corrected chi connectivity index (χ0v) is 16.0. The van der Waals surface area contributed by atoms with Gasteiger partial charge in [-0.2, -0.15) is 9.05 Å². The Labute approximate surface area is 141 Å². The summed E-state index contributed by atoms with van der Waals surface area (Å²) in [5.41, 5.74) is 0. The van der Waals surface area contributed by atoms with Gasteiger partial charge in [0.05, 0.1) is 18.1 Å². The molecule has 0 aromatic heterocycles. The van der Waals surface area contributed by atoms with Crippen molar-refractivity contribution in [1.29, 1.82) is 0 Å². The van der Waals surface area contributed by atoms with Gasteiger partial charge in [-0.1, -0.05) is 32.0 Å². The number of nitrogens with zero attached hydrogens (tertiary/aromatic N) is 1. The van der Waals surface area contributed by atoms with Crippen molar-refractivity contribution < 1.29 is 26.2 Å². The highest BCUT2D eigenvalue weighted by Crippen LogP contribution is 2.82. The van der Waals surface area contributed by atoms with E-state index in [4.69, 9.17) is 13.6 Å².